The quantitative estimate of drug-likeness (QED) is 0.527. The van der Waals surface area contributed by atoms with Crippen LogP contribution in [0.1, 0.15) is 12.5 Å². The Morgan fingerprint density at radius 3 is 2.41 bits per heavy atom. The van der Waals surface area contributed by atoms with Gasteiger partial charge >= 0.3 is 0 Å². The van der Waals surface area contributed by atoms with E-state index >= 15 is 0 Å². The van der Waals surface area contributed by atoms with Crippen LogP contribution in [0.2, 0.25) is 5.02 Å². The van der Waals surface area contributed by atoms with Gasteiger partial charge in [-0.15, -0.1) is 0 Å². The molecule has 0 heterocycles. The highest BCUT2D eigenvalue weighted by Crippen LogP contribution is 2.26. The molecular weight excluding hydrogens is 396 g/mol. The number of benzene rings is 2. The summed E-state index contributed by atoms with van der Waals surface area (Å²) in [4.78, 5) is 35.3. The second-order valence-electron chi connectivity index (χ2n) is 6.26. The summed E-state index contributed by atoms with van der Waals surface area (Å²) < 4.78 is 5.21. The molecule has 2 aromatic carbocycles. The van der Waals surface area contributed by atoms with Crippen LogP contribution in [0, 0.1) is 6.92 Å². The molecule has 0 aromatic heterocycles. The number of hydrogen-bond donors (Lipinski definition) is 4. The van der Waals surface area contributed by atoms with Gasteiger partial charge in [-0.1, -0.05) is 17.7 Å². The van der Waals surface area contributed by atoms with Gasteiger partial charge in [0.05, 0.1) is 36.6 Å². The Balaban J connectivity index is 1.85. The molecule has 0 spiro atoms. The average Bonchev–Trinajstić information content (AvgIpc) is 2.66. The maximum atomic E-state index is 12.1. The predicted octanol–water partition coefficient (Wildman–Crippen LogP) is 2.78. The van der Waals surface area contributed by atoms with Crippen LogP contribution in [0.3, 0.4) is 0 Å². The fourth-order valence-electron chi connectivity index (χ4n) is 2.47. The van der Waals surface area contributed by atoms with Gasteiger partial charge in [0, 0.05) is 12.6 Å². The fraction of sp³-hybridized carbons (Fsp3) is 0.250. The van der Waals surface area contributed by atoms with Gasteiger partial charge < -0.3 is 26.0 Å². The Hall–Kier alpha value is -3.26. The zero-order valence-corrected chi connectivity index (χ0v) is 17.1. The molecule has 0 atom stereocenters. The molecule has 0 saturated carbocycles. The van der Waals surface area contributed by atoms with Crippen molar-refractivity contribution < 1.29 is 19.1 Å². The number of nitrogens with one attached hydrogen (secondary N) is 4. The van der Waals surface area contributed by atoms with E-state index in [0.717, 1.165) is 5.56 Å². The van der Waals surface area contributed by atoms with Crippen molar-refractivity contribution in [3.8, 4) is 5.75 Å². The van der Waals surface area contributed by atoms with E-state index in [1.807, 2.05) is 13.0 Å². The highest BCUT2D eigenvalue weighted by atomic mass is 35.5. The monoisotopic (exact) mass is 418 g/mol. The van der Waals surface area contributed by atoms with Crippen molar-refractivity contribution in [2.24, 2.45) is 0 Å². The van der Waals surface area contributed by atoms with Gasteiger partial charge in [-0.3, -0.25) is 14.4 Å². The number of anilines is 3. The maximum Gasteiger partial charge on any atom is 0.243 e. The van der Waals surface area contributed by atoms with E-state index in [9.17, 15) is 14.4 Å². The first-order valence-electron chi connectivity index (χ1n) is 8.80. The van der Waals surface area contributed by atoms with Crippen molar-refractivity contribution in [3.63, 3.8) is 0 Å². The van der Waals surface area contributed by atoms with Gasteiger partial charge in [0.2, 0.25) is 17.7 Å². The minimum absolute atomic E-state index is 0.0930. The van der Waals surface area contributed by atoms with E-state index in [-0.39, 0.29) is 24.9 Å². The van der Waals surface area contributed by atoms with E-state index < -0.39 is 5.91 Å². The van der Waals surface area contributed by atoms with Crippen LogP contribution in [0.15, 0.2) is 36.4 Å². The number of ether oxygens (including phenoxy) is 1. The van der Waals surface area contributed by atoms with Crippen LogP contribution < -0.4 is 26.0 Å². The van der Waals surface area contributed by atoms with Crippen LogP contribution in [0.5, 0.6) is 5.75 Å². The molecular formula is C20H23ClN4O4. The Labute approximate surface area is 174 Å². The van der Waals surface area contributed by atoms with Crippen molar-refractivity contribution in [1.29, 1.82) is 0 Å². The molecule has 3 amide bonds. The normalized spacial score (nSPS) is 10.1. The molecule has 0 saturated heterocycles. The summed E-state index contributed by atoms with van der Waals surface area (Å²) in [6.45, 7) is 3.00. The largest absolute Gasteiger partial charge is 0.495 e. The number of amides is 3. The van der Waals surface area contributed by atoms with Gasteiger partial charge in [-0.2, -0.15) is 0 Å². The molecule has 29 heavy (non-hydrogen) atoms. The Kier molecular flexibility index (Phi) is 7.85. The molecule has 0 fully saturated rings. The molecule has 154 valence electrons. The van der Waals surface area contributed by atoms with Gasteiger partial charge in [0.1, 0.15) is 5.75 Å². The van der Waals surface area contributed by atoms with Crippen molar-refractivity contribution in [3.05, 3.63) is 47.0 Å². The summed E-state index contributed by atoms with van der Waals surface area (Å²) >= 11 is 6.09. The summed E-state index contributed by atoms with van der Waals surface area (Å²) in [5, 5.41) is 11.1. The number of rotatable bonds is 8. The lowest BCUT2D eigenvalue weighted by Gasteiger charge is -2.12. The standard InChI is InChI=1S/C20H23ClN4O4/c1-12-4-7-18(29-3)17(8-12)25-20(28)11-23-19(27)10-22-16-9-14(24-13(2)26)5-6-15(16)21/h4-9,22H,10-11H2,1-3H3,(H,23,27)(H,24,26)(H,25,28). The van der Waals surface area contributed by atoms with Gasteiger partial charge in [0.15, 0.2) is 0 Å². The first-order chi connectivity index (χ1) is 13.8. The SMILES string of the molecule is COc1ccc(C)cc1NC(=O)CNC(=O)CNc1cc(NC(C)=O)ccc1Cl. The number of aryl methyl sites for hydroxylation is 1. The van der Waals surface area contributed by atoms with E-state index in [4.69, 9.17) is 16.3 Å². The van der Waals surface area contributed by atoms with Crippen LogP contribution >= 0.6 is 11.6 Å². The molecule has 4 N–H and O–H groups in total. The van der Waals surface area contributed by atoms with Crippen LogP contribution in [-0.2, 0) is 14.4 Å². The number of halogens is 1. The zero-order valence-electron chi connectivity index (χ0n) is 16.4. The minimum atomic E-state index is -0.391. The lowest BCUT2D eigenvalue weighted by molar-refractivity contribution is -0.122. The van der Waals surface area contributed by atoms with Crippen LogP contribution in [0.4, 0.5) is 17.1 Å². The molecule has 0 aliphatic heterocycles. The molecule has 0 aliphatic rings. The molecule has 2 rings (SSSR count). The second-order valence-corrected chi connectivity index (χ2v) is 6.67. The predicted molar refractivity (Wildman–Crippen MR) is 114 cm³/mol. The third-order valence-electron chi connectivity index (χ3n) is 3.80. The smallest absolute Gasteiger partial charge is 0.243 e. The van der Waals surface area contributed by atoms with Gasteiger partial charge in [-0.05, 0) is 42.8 Å². The lowest BCUT2D eigenvalue weighted by Crippen LogP contribution is -2.36. The van der Waals surface area contributed by atoms with E-state index in [1.54, 1.807) is 30.3 Å². The number of carbonyl (C=O) groups is 3. The number of carbonyl (C=O) groups excluding carboxylic acids is 3. The Morgan fingerprint density at radius 2 is 1.72 bits per heavy atom. The van der Waals surface area contributed by atoms with Crippen molar-refractivity contribution in [2.75, 3.05) is 36.1 Å². The summed E-state index contributed by atoms with van der Waals surface area (Å²) in [6, 6.07) is 10.3. The molecule has 0 bridgehead atoms. The molecule has 8 nitrogen and oxygen atoms in total. The van der Waals surface area contributed by atoms with E-state index in [0.29, 0.717) is 27.8 Å². The third kappa shape index (κ3) is 7.00. The molecule has 0 aliphatic carbocycles. The van der Waals surface area contributed by atoms with Crippen molar-refractivity contribution in [2.45, 2.75) is 13.8 Å². The average molecular weight is 419 g/mol. The Bertz CT molecular complexity index is 917. The number of methoxy groups -OCH3 is 1. The van der Waals surface area contributed by atoms with E-state index in [2.05, 4.69) is 21.3 Å². The summed E-state index contributed by atoms with van der Waals surface area (Å²) in [5.74, 6) is -0.455. The molecule has 0 unspecified atom stereocenters. The first kappa shape index (κ1) is 22.0. The van der Waals surface area contributed by atoms with Crippen molar-refractivity contribution in [1.82, 2.24) is 5.32 Å². The van der Waals surface area contributed by atoms with Crippen molar-refractivity contribution >= 4 is 46.4 Å². The summed E-state index contributed by atoms with van der Waals surface area (Å²) in [6.07, 6.45) is 0. The first-order valence-corrected chi connectivity index (χ1v) is 9.18. The molecule has 0 radical (unpaired) electrons. The maximum absolute atomic E-state index is 12.1. The lowest BCUT2D eigenvalue weighted by atomic mass is 10.2. The highest BCUT2D eigenvalue weighted by molar-refractivity contribution is 6.33. The van der Waals surface area contributed by atoms with E-state index in [1.165, 1.54) is 14.0 Å². The topological polar surface area (TPSA) is 109 Å². The van der Waals surface area contributed by atoms with Gasteiger partial charge in [-0.25, -0.2) is 0 Å². The third-order valence-corrected chi connectivity index (χ3v) is 4.13. The Morgan fingerprint density at radius 1 is 0.966 bits per heavy atom. The summed E-state index contributed by atoms with van der Waals surface area (Å²) in [5.41, 5.74) is 2.54. The fourth-order valence-corrected chi connectivity index (χ4v) is 2.66. The molecule has 2 aromatic rings. The highest BCUT2D eigenvalue weighted by Gasteiger charge is 2.10. The van der Waals surface area contributed by atoms with Crippen LogP contribution in [-0.4, -0.2) is 37.9 Å². The minimum Gasteiger partial charge on any atom is -0.495 e. The van der Waals surface area contributed by atoms with Gasteiger partial charge in [0.25, 0.3) is 0 Å². The van der Waals surface area contributed by atoms with Crippen LogP contribution in [0.25, 0.3) is 0 Å². The summed E-state index contributed by atoms with van der Waals surface area (Å²) in [7, 11) is 1.51. The molecule has 9 heteroatoms. The number of hydrogen-bond acceptors (Lipinski definition) is 5. The second kappa shape index (κ2) is 10.3. The zero-order chi connectivity index (χ0) is 21.4.